The first-order valence-corrected chi connectivity index (χ1v) is 5.50. The van der Waals surface area contributed by atoms with Crippen molar-refractivity contribution in [2.75, 3.05) is 13.1 Å². The molecule has 0 amide bonds. The monoisotopic (exact) mass is 283 g/mol. The fourth-order valence-electron chi connectivity index (χ4n) is 0.849. The SMILES string of the molecule is CC(CCCN=C=O)CN=C=O.N=C=O.N=C=O.[CH2]C. The summed E-state index contributed by atoms with van der Waals surface area (Å²) in [5, 5.41) is 10.8. The van der Waals surface area contributed by atoms with Crippen LogP contribution in [0.2, 0.25) is 0 Å². The Balaban J connectivity index is -0.000000133. The smallest absolute Gasteiger partial charge is 0.222 e. The van der Waals surface area contributed by atoms with Gasteiger partial charge in [-0.05, 0) is 18.8 Å². The van der Waals surface area contributed by atoms with Crippen molar-refractivity contribution in [3.05, 3.63) is 6.92 Å². The third-order valence-electron chi connectivity index (χ3n) is 1.50. The summed E-state index contributed by atoms with van der Waals surface area (Å²) in [6.07, 6.45) is 6.21. The Kier molecular flexibility index (Phi) is 47.0. The second kappa shape index (κ2) is 36.0. The summed E-state index contributed by atoms with van der Waals surface area (Å²) in [4.78, 5) is 42.9. The van der Waals surface area contributed by atoms with Crippen molar-refractivity contribution in [1.82, 2.24) is 0 Å². The number of hydrogen-bond acceptors (Lipinski definition) is 8. The van der Waals surface area contributed by atoms with Crippen LogP contribution in [0.3, 0.4) is 0 Å². The van der Waals surface area contributed by atoms with Gasteiger partial charge in [-0.15, -0.1) is 0 Å². The molecule has 0 heterocycles. The highest BCUT2D eigenvalue weighted by Crippen LogP contribution is 2.04. The number of isocyanates is 4. The van der Waals surface area contributed by atoms with Crippen LogP contribution in [0.15, 0.2) is 9.98 Å². The molecule has 0 rings (SSSR count). The van der Waals surface area contributed by atoms with Crippen LogP contribution in [0, 0.1) is 23.7 Å². The molecule has 0 saturated heterocycles. The van der Waals surface area contributed by atoms with E-state index in [1.807, 2.05) is 6.92 Å². The van der Waals surface area contributed by atoms with Crippen molar-refractivity contribution in [3.63, 3.8) is 0 Å². The topological polar surface area (TPSA) is 141 Å². The molecule has 0 aliphatic carbocycles. The summed E-state index contributed by atoms with van der Waals surface area (Å²) in [5.74, 6) is 0.355. The zero-order valence-electron chi connectivity index (χ0n) is 11.6. The van der Waals surface area contributed by atoms with Crippen LogP contribution in [0.5, 0.6) is 0 Å². The van der Waals surface area contributed by atoms with Gasteiger partial charge in [0.25, 0.3) is 0 Å². The van der Waals surface area contributed by atoms with Crippen molar-refractivity contribution in [1.29, 1.82) is 10.8 Å². The first kappa shape index (κ1) is 26.2. The van der Waals surface area contributed by atoms with Crippen LogP contribution >= 0.6 is 0 Å². The van der Waals surface area contributed by atoms with Crippen LogP contribution < -0.4 is 0 Å². The zero-order valence-corrected chi connectivity index (χ0v) is 11.6. The molecular weight excluding hydrogens is 264 g/mol. The summed E-state index contributed by atoms with van der Waals surface area (Å²) in [6, 6.07) is 0. The van der Waals surface area contributed by atoms with E-state index in [2.05, 4.69) is 16.9 Å². The minimum Gasteiger partial charge on any atom is -0.222 e. The Labute approximate surface area is 118 Å². The number of carbonyl (C=O) groups excluding carboxylic acids is 4. The van der Waals surface area contributed by atoms with Crippen LogP contribution in [-0.2, 0) is 19.2 Å². The van der Waals surface area contributed by atoms with Gasteiger partial charge in [-0.3, -0.25) is 0 Å². The Morgan fingerprint density at radius 3 is 1.75 bits per heavy atom. The van der Waals surface area contributed by atoms with E-state index in [1.165, 1.54) is 12.2 Å². The van der Waals surface area contributed by atoms with Gasteiger partial charge < -0.3 is 0 Å². The molecule has 2 N–H and O–H groups in total. The largest absolute Gasteiger partial charge is 0.234 e. The van der Waals surface area contributed by atoms with Crippen molar-refractivity contribution in [2.45, 2.75) is 26.7 Å². The van der Waals surface area contributed by atoms with Crippen LogP contribution in [0.25, 0.3) is 0 Å². The normalized spacial score (nSPS) is 7.75. The van der Waals surface area contributed by atoms with E-state index in [9.17, 15) is 9.59 Å². The predicted molar refractivity (Wildman–Crippen MR) is 72.2 cm³/mol. The average molecular weight is 283 g/mol. The maximum atomic E-state index is 9.72. The maximum Gasteiger partial charge on any atom is 0.234 e. The molecule has 0 spiro atoms. The minimum atomic E-state index is 0.355. The third kappa shape index (κ3) is 57.9. The molecule has 1 radical (unpaired) electrons. The van der Waals surface area contributed by atoms with Gasteiger partial charge in [-0.1, -0.05) is 20.8 Å². The maximum absolute atomic E-state index is 9.72. The lowest BCUT2D eigenvalue weighted by Crippen LogP contribution is -1.99. The average Bonchev–Trinajstić information content (AvgIpc) is 2.45. The van der Waals surface area contributed by atoms with Crippen molar-refractivity contribution < 1.29 is 19.2 Å². The molecule has 0 aliphatic rings. The lowest BCUT2D eigenvalue weighted by molar-refractivity contribution is 0.516. The van der Waals surface area contributed by atoms with Gasteiger partial charge in [0.05, 0.1) is 13.1 Å². The Morgan fingerprint density at radius 1 is 1.00 bits per heavy atom. The van der Waals surface area contributed by atoms with Gasteiger partial charge in [0.1, 0.15) is 0 Å². The van der Waals surface area contributed by atoms with Crippen molar-refractivity contribution in [2.24, 2.45) is 15.9 Å². The molecule has 8 heteroatoms. The van der Waals surface area contributed by atoms with E-state index in [-0.39, 0.29) is 0 Å². The second-order valence-electron chi connectivity index (χ2n) is 2.86. The first-order valence-electron chi connectivity index (χ1n) is 5.50. The van der Waals surface area contributed by atoms with Gasteiger partial charge in [-0.25, -0.2) is 40.0 Å². The summed E-state index contributed by atoms with van der Waals surface area (Å²) >= 11 is 0. The number of aliphatic imine (C=N–C) groups is 2. The van der Waals surface area contributed by atoms with E-state index < -0.39 is 0 Å². The quantitative estimate of drug-likeness (QED) is 0.434. The zero-order chi connectivity index (χ0) is 16.6. The van der Waals surface area contributed by atoms with Crippen molar-refractivity contribution >= 4 is 24.3 Å². The second-order valence-corrected chi connectivity index (χ2v) is 2.86. The molecule has 0 fully saturated rings. The van der Waals surface area contributed by atoms with Crippen LogP contribution in [-0.4, -0.2) is 37.4 Å². The van der Waals surface area contributed by atoms with Gasteiger partial charge >= 0.3 is 0 Å². The van der Waals surface area contributed by atoms with E-state index in [1.54, 1.807) is 6.92 Å². The first-order chi connectivity index (χ1) is 9.64. The molecule has 8 nitrogen and oxygen atoms in total. The number of nitrogens with one attached hydrogen (secondary N) is 2. The number of nitrogens with zero attached hydrogens (tertiary/aromatic N) is 2. The minimum absolute atomic E-state index is 0.355. The van der Waals surface area contributed by atoms with Gasteiger partial charge in [0, 0.05) is 0 Å². The Hall–Kier alpha value is -2.48. The highest BCUT2D eigenvalue weighted by Gasteiger charge is 1.99. The van der Waals surface area contributed by atoms with Crippen molar-refractivity contribution in [3.8, 4) is 0 Å². The summed E-state index contributed by atoms with van der Waals surface area (Å²) in [6.45, 7) is 8.01. The molecule has 0 aromatic heterocycles. The molecule has 0 saturated carbocycles. The van der Waals surface area contributed by atoms with E-state index >= 15 is 0 Å². The molecule has 20 heavy (non-hydrogen) atoms. The molecule has 0 bridgehead atoms. The van der Waals surface area contributed by atoms with E-state index in [4.69, 9.17) is 20.4 Å². The van der Waals surface area contributed by atoms with Crippen LogP contribution in [0.4, 0.5) is 0 Å². The molecule has 1 atom stereocenters. The highest BCUT2D eigenvalue weighted by atomic mass is 16.1. The van der Waals surface area contributed by atoms with Gasteiger partial charge in [0.15, 0.2) is 0 Å². The fraction of sp³-hybridized carbons (Fsp3) is 0.583. The van der Waals surface area contributed by atoms with E-state index in [0.717, 1.165) is 25.0 Å². The third-order valence-corrected chi connectivity index (χ3v) is 1.50. The number of hydrogen-bond donors (Lipinski definition) is 2. The van der Waals surface area contributed by atoms with Gasteiger partial charge in [-0.2, -0.15) is 0 Å². The number of rotatable bonds is 6. The molecule has 0 aromatic rings. The predicted octanol–water partition coefficient (Wildman–Crippen LogP) is 1.72. The lowest BCUT2D eigenvalue weighted by Gasteiger charge is -2.03. The van der Waals surface area contributed by atoms with Crippen LogP contribution in [0.1, 0.15) is 26.7 Å². The standard InChI is InChI=1S/C8H12N2O2.C2H5.2CHNO/c1-8(5-10-7-12)3-2-4-9-6-11;1-2;2*2-1-3/h8H,2-5H2,1H3;1H2,2H3;2*2H. The molecule has 0 aromatic carbocycles. The van der Waals surface area contributed by atoms with E-state index in [0.29, 0.717) is 19.0 Å². The fourth-order valence-corrected chi connectivity index (χ4v) is 0.849. The van der Waals surface area contributed by atoms with Gasteiger partial charge in [0.2, 0.25) is 24.3 Å². The Morgan fingerprint density at radius 2 is 1.40 bits per heavy atom. The highest BCUT2D eigenvalue weighted by molar-refractivity contribution is 5.33. The summed E-state index contributed by atoms with van der Waals surface area (Å²) in [5.41, 5.74) is 0. The summed E-state index contributed by atoms with van der Waals surface area (Å²) in [7, 11) is 0. The molecule has 1 unspecified atom stereocenters. The molecular formula is C12H19N4O4. The lowest BCUT2D eigenvalue weighted by atomic mass is 10.1. The summed E-state index contributed by atoms with van der Waals surface area (Å²) < 4.78 is 0. The molecule has 111 valence electrons. The Bertz CT molecular complexity index is 334. The molecule has 0 aliphatic heterocycles.